The van der Waals surface area contributed by atoms with Gasteiger partial charge in [0.05, 0.1) is 11.8 Å². The summed E-state index contributed by atoms with van der Waals surface area (Å²) >= 11 is 0. The van der Waals surface area contributed by atoms with Crippen LogP contribution in [0.2, 0.25) is 0 Å². The number of aliphatic hydroxyl groups is 1. The zero-order valence-electron chi connectivity index (χ0n) is 7.12. The normalized spacial score (nSPS) is 43.5. The van der Waals surface area contributed by atoms with E-state index in [-0.39, 0.29) is 5.60 Å². The van der Waals surface area contributed by atoms with Crippen molar-refractivity contribution in [3.63, 3.8) is 0 Å². The first-order chi connectivity index (χ1) is 5.62. The van der Waals surface area contributed by atoms with Crippen molar-refractivity contribution in [1.82, 2.24) is 9.78 Å². The van der Waals surface area contributed by atoms with Gasteiger partial charge in [0, 0.05) is 18.7 Å². The van der Waals surface area contributed by atoms with E-state index in [1.54, 1.807) is 0 Å². The van der Waals surface area contributed by atoms with E-state index in [9.17, 15) is 5.11 Å². The quantitative estimate of drug-likeness (QED) is 0.659. The van der Waals surface area contributed by atoms with Crippen LogP contribution in [0.4, 0.5) is 0 Å². The predicted molar refractivity (Wildman–Crippen MR) is 43.7 cm³/mol. The monoisotopic (exact) mass is 164 g/mol. The van der Waals surface area contributed by atoms with Crippen molar-refractivity contribution in [2.75, 3.05) is 0 Å². The molecule has 1 heterocycles. The van der Waals surface area contributed by atoms with Crippen LogP contribution < -0.4 is 0 Å². The Morgan fingerprint density at radius 3 is 2.58 bits per heavy atom. The molecule has 2 bridgehead atoms. The van der Waals surface area contributed by atoms with E-state index in [4.69, 9.17) is 0 Å². The average Bonchev–Trinajstić information content (AvgIpc) is 2.26. The van der Waals surface area contributed by atoms with Gasteiger partial charge in [-0.2, -0.15) is 5.10 Å². The molecule has 3 aliphatic rings. The van der Waals surface area contributed by atoms with E-state index >= 15 is 0 Å². The first-order valence-electron chi connectivity index (χ1n) is 4.34. The molecule has 3 fully saturated rings. The van der Waals surface area contributed by atoms with E-state index < -0.39 is 0 Å². The SMILES string of the molecule is Cn1cc(C23CC(O)(C2)C3)cn1. The summed E-state index contributed by atoms with van der Waals surface area (Å²) < 4.78 is 1.83. The Morgan fingerprint density at radius 1 is 1.50 bits per heavy atom. The summed E-state index contributed by atoms with van der Waals surface area (Å²) in [6.07, 6.45) is 6.85. The maximum Gasteiger partial charge on any atom is 0.0673 e. The van der Waals surface area contributed by atoms with Crippen LogP contribution in [-0.4, -0.2) is 20.5 Å². The van der Waals surface area contributed by atoms with Gasteiger partial charge < -0.3 is 5.11 Å². The summed E-state index contributed by atoms with van der Waals surface area (Å²) in [6.45, 7) is 0. The molecule has 0 aromatic carbocycles. The van der Waals surface area contributed by atoms with Crippen molar-refractivity contribution in [2.24, 2.45) is 7.05 Å². The molecule has 0 amide bonds. The Morgan fingerprint density at radius 2 is 2.17 bits per heavy atom. The molecule has 0 radical (unpaired) electrons. The molecule has 0 saturated heterocycles. The summed E-state index contributed by atoms with van der Waals surface area (Å²) in [4.78, 5) is 0. The highest BCUT2D eigenvalue weighted by Crippen LogP contribution is 2.67. The lowest BCUT2D eigenvalue weighted by molar-refractivity contribution is -0.213. The van der Waals surface area contributed by atoms with Crippen LogP contribution in [-0.2, 0) is 12.5 Å². The molecule has 0 unspecified atom stereocenters. The number of aromatic nitrogens is 2. The van der Waals surface area contributed by atoms with Crippen molar-refractivity contribution in [2.45, 2.75) is 30.3 Å². The fourth-order valence-electron chi connectivity index (χ4n) is 2.74. The Kier molecular flexibility index (Phi) is 0.884. The maximum atomic E-state index is 9.59. The lowest BCUT2D eigenvalue weighted by Crippen LogP contribution is -2.69. The second-order valence-electron chi connectivity index (χ2n) is 4.44. The van der Waals surface area contributed by atoms with E-state index in [1.165, 1.54) is 5.56 Å². The maximum absolute atomic E-state index is 9.59. The molecule has 1 N–H and O–H groups in total. The molecule has 64 valence electrons. The topological polar surface area (TPSA) is 38.0 Å². The van der Waals surface area contributed by atoms with Crippen LogP contribution in [0.25, 0.3) is 0 Å². The first kappa shape index (κ1) is 6.66. The second kappa shape index (κ2) is 1.59. The summed E-state index contributed by atoms with van der Waals surface area (Å²) in [7, 11) is 1.93. The first-order valence-corrected chi connectivity index (χ1v) is 4.34. The van der Waals surface area contributed by atoms with E-state index in [0.29, 0.717) is 5.41 Å². The molecular formula is C9H12N2O. The van der Waals surface area contributed by atoms with Gasteiger partial charge in [-0.3, -0.25) is 4.68 Å². The van der Waals surface area contributed by atoms with E-state index in [0.717, 1.165) is 19.3 Å². The van der Waals surface area contributed by atoms with E-state index in [1.807, 2.05) is 17.9 Å². The molecule has 0 atom stereocenters. The lowest BCUT2D eigenvalue weighted by atomic mass is 9.39. The van der Waals surface area contributed by atoms with Crippen LogP contribution in [0.15, 0.2) is 12.4 Å². The molecule has 4 rings (SSSR count). The van der Waals surface area contributed by atoms with Gasteiger partial charge in [-0.1, -0.05) is 0 Å². The van der Waals surface area contributed by atoms with Crippen LogP contribution in [0.5, 0.6) is 0 Å². The van der Waals surface area contributed by atoms with Crippen molar-refractivity contribution in [1.29, 1.82) is 0 Å². The van der Waals surface area contributed by atoms with Crippen molar-refractivity contribution >= 4 is 0 Å². The third-order valence-electron chi connectivity index (χ3n) is 3.32. The fourth-order valence-corrected chi connectivity index (χ4v) is 2.74. The average molecular weight is 164 g/mol. The molecular weight excluding hydrogens is 152 g/mol. The van der Waals surface area contributed by atoms with Gasteiger partial charge in [-0.25, -0.2) is 0 Å². The van der Waals surface area contributed by atoms with Crippen LogP contribution >= 0.6 is 0 Å². The number of nitrogens with zero attached hydrogens (tertiary/aromatic N) is 2. The molecule has 1 aromatic heterocycles. The van der Waals surface area contributed by atoms with Gasteiger partial charge in [-0.15, -0.1) is 0 Å². The molecule has 3 heteroatoms. The van der Waals surface area contributed by atoms with Gasteiger partial charge in [0.15, 0.2) is 0 Å². The minimum Gasteiger partial charge on any atom is -0.390 e. The van der Waals surface area contributed by atoms with Gasteiger partial charge >= 0.3 is 0 Å². The lowest BCUT2D eigenvalue weighted by Gasteiger charge is -2.67. The van der Waals surface area contributed by atoms with Crippen LogP contribution in [0.3, 0.4) is 0 Å². The zero-order valence-corrected chi connectivity index (χ0v) is 7.12. The van der Waals surface area contributed by atoms with Crippen molar-refractivity contribution in [3.05, 3.63) is 18.0 Å². The number of rotatable bonds is 1. The smallest absolute Gasteiger partial charge is 0.0673 e. The fraction of sp³-hybridized carbons (Fsp3) is 0.667. The third kappa shape index (κ3) is 0.591. The number of hydrogen-bond acceptors (Lipinski definition) is 2. The molecule has 0 spiro atoms. The molecule has 3 aliphatic carbocycles. The Bertz CT molecular complexity index is 322. The summed E-state index contributed by atoms with van der Waals surface area (Å²) in [6, 6.07) is 0. The number of hydrogen-bond donors (Lipinski definition) is 1. The molecule has 1 aromatic rings. The zero-order chi connectivity index (χ0) is 8.40. The minimum absolute atomic E-state index is 0.296. The third-order valence-corrected chi connectivity index (χ3v) is 3.32. The Labute approximate surface area is 71.0 Å². The summed E-state index contributed by atoms with van der Waals surface area (Å²) in [5.74, 6) is 0. The van der Waals surface area contributed by atoms with Crippen LogP contribution in [0, 0.1) is 0 Å². The Balaban J connectivity index is 1.93. The Hall–Kier alpha value is -0.830. The van der Waals surface area contributed by atoms with Gasteiger partial charge in [0.1, 0.15) is 0 Å². The van der Waals surface area contributed by atoms with E-state index in [2.05, 4.69) is 11.3 Å². The minimum atomic E-state index is -0.296. The summed E-state index contributed by atoms with van der Waals surface area (Å²) in [5.41, 5.74) is 1.32. The number of aryl methyl sites for hydroxylation is 1. The van der Waals surface area contributed by atoms with Gasteiger partial charge in [0.25, 0.3) is 0 Å². The molecule has 12 heavy (non-hydrogen) atoms. The van der Waals surface area contributed by atoms with Crippen molar-refractivity contribution in [3.8, 4) is 0 Å². The second-order valence-corrected chi connectivity index (χ2v) is 4.44. The summed E-state index contributed by atoms with van der Waals surface area (Å²) in [5, 5.41) is 13.7. The standard InChI is InChI=1S/C9H12N2O/c1-11-3-7(2-10-11)8-4-9(12,5-8)6-8/h2-3,12H,4-6H2,1H3. The predicted octanol–water partition coefficient (Wildman–Crippen LogP) is 0.587. The van der Waals surface area contributed by atoms with Crippen LogP contribution in [0.1, 0.15) is 24.8 Å². The van der Waals surface area contributed by atoms with Gasteiger partial charge in [-0.05, 0) is 24.8 Å². The highest BCUT2D eigenvalue weighted by Gasteiger charge is 2.68. The highest BCUT2D eigenvalue weighted by molar-refractivity contribution is 5.37. The largest absolute Gasteiger partial charge is 0.390 e. The highest BCUT2D eigenvalue weighted by atomic mass is 16.3. The molecule has 3 nitrogen and oxygen atoms in total. The molecule has 3 saturated carbocycles. The molecule has 0 aliphatic heterocycles. The van der Waals surface area contributed by atoms with Crippen molar-refractivity contribution < 1.29 is 5.11 Å². The van der Waals surface area contributed by atoms with Gasteiger partial charge in [0.2, 0.25) is 0 Å².